The van der Waals surface area contributed by atoms with Crippen LogP contribution in [0.3, 0.4) is 0 Å². The highest BCUT2D eigenvalue weighted by molar-refractivity contribution is 5.13. The van der Waals surface area contributed by atoms with Gasteiger partial charge >= 0.3 is 0 Å². The number of hydrogen-bond acceptors (Lipinski definition) is 1. The summed E-state index contributed by atoms with van der Waals surface area (Å²) in [6, 6.07) is 10.9. The number of aliphatic hydroxyl groups is 1. The minimum Gasteiger partial charge on any atom is -0.396 e. The molecule has 0 aliphatic heterocycles. The molecular weight excluding hydrogens is 546 g/mol. The Kier molecular flexibility index (Phi) is 35.3. The number of benzene rings is 1. The van der Waals surface area contributed by atoms with Gasteiger partial charge in [-0.3, -0.25) is 0 Å². The maximum Gasteiger partial charge on any atom is 0.104 e. The summed E-state index contributed by atoms with van der Waals surface area (Å²) in [7, 11) is 4.74. The van der Waals surface area contributed by atoms with Crippen molar-refractivity contribution < 1.29 is 9.59 Å². The molecule has 1 rings (SSSR count). The van der Waals surface area contributed by atoms with Gasteiger partial charge in [0.05, 0.1) is 20.6 Å². The minimum atomic E-state index is 0.373. The maximum atomic E-state index is 8.67. The molecule has 0 saturated carbocycles. The van der Waals surface area contributed by atoms with E-state index in [1.807, 2.05) is 0 Å². The number of aliphatic hydroxyl groups excluding tert-OH is 1. The predicted octanol–water partition coefficient (Wildman–Crippen LogP) is 14.0. The molecule has 0 amide bonds. The monoisotopic (exact) mass is 631 g/mol. The van der Waals surface area contributed by atoms with Crippen molar-refractivity contribution >= 4 is 0 Å². The molecule has 0 heterocycles. The number of rotatable bonds is 33. The van der Waals surface area contributed by atoms with E-state index in [2.05, 4.69) is 58.3 Å². The van der Waals surface area contributed by atoms with Crippen LogP contribution in [0, 0.1) is 0 Å². The van der Waals surface area contributed by atoms with E-state index in [0.717, 1.165) is 17.4 Å². The van der Waals surface area contributed by atoms with Crippen LogP contribution in [0.1, 0.15) is 212 Å². The van der Waals surface area contributed by atoms with Gasteiger partial charge in [-0.1, -0.05) is 218 Å². The van der Waals surface area contributed by atoms with Crippen LogP contribution in [0.2, 0.25) is 0 Å². The van der Waals surface area contributed by atoms with Crippen LogP contribution in [0.4, 0.5) is 0 Å². The number of hydrogen-bond donors (Lipinski definition) is 1. The normalized spacial score (nSPS) is 11.5. The molecule has 2 nitrogen and oxygen atoms in total. The molecule has 1 N–H and O–H groups in total. The lowest BCUT2D eigenvalue weighted by molar-refractivity contribution is -0.903. The van der Waals surface area contributed by atoms with Gasteiger partial charge in [0.25, 0.3) is 0 Å². The second-order valence-corrected chi connectivity index (χ2v) is 14.9. The average Bonchev–Trinajstić information content (AvgIpc) is 3.03. The van der Waals surface area contributed by atoms with Gasteiger partial charge in [0.1, 0.15) is 6.54 Å². The zero-order valence-corrected chi connectivity index (χ0v) is 31.6. The van der Waals surface area contributed by atoms with Gasteiger partial charge in [0, 0.05) is 12.2 Å². The zero-order valence-electron chi connectivity index (χ0n) is 31.6. The standard InChI is InChI=1S/C25H46N.C18H38O/c1-4-5-6-7-8-9-10-11-12-13-14-15-16-20-23-26(2,3)24-25-21-18-17-19-22-25;1-2-3-4-5-6-7-8-9-10-11-12-13-14-15-16-17-18-19/h17-19,21-22H,4-16,20,23-24H2,1-3H3;19H,2-18H2,1H3/q+1;. The molecule has 0 bridgehead atoms. The molecular formula is C43H84NO+. The van der Waals surface area contributed by atoms with Crippen LogP contribution in [-0.2, 0) is 6.54 Å². The number of unbranched alkanes of at least 4 members (excludes halogenated alkanes) is 28. The van der Waals surface area contributed by atoms with Crippen LogP contribution >= 0.6 is 0 Å². The first kappa shape index (κ1) is 44.1. The summed E-state index contributed by atoms with van der Waals surface area (Å²) in [5, 5.41) is 8.67. The Balaban J connectivity index is 0.000000907. The smallest absolute Gasteiger partial charge is 0.104 e. The van der Waals surface area contributed by atoms with E-state index < -0.39 is 0 Å². The summed E-state index contributed by atoms with van der Waals surface area (Å²) in [6.45, 7) is 7.40. The fourth-order valence-electron chi connectivity index (χ4n) is 6.55. The summed E-state index contributed by atoms with van der Waals surface area (Å²) in [4.78, 5) is 0. The number of nitrogens with zero attached hydrogens (tertiary/aromatic N) is 1. The lowest BCUT2D eigenvalue weighted by atomic mass is 10.0. The third-order valence-corrected chi connectivity index (χ3v) is 9.58. The van der Waals surface area contributed by atoms with E-state index in [-0.39, 0.29) is 0 Å². The summed E-state index contributed by atoms with van der Waals surface area (Å²) in [5.41, 5.74) is 1.46. The molecule has 1 aromatic rings. The highest BCUT2D eigenvalue weighted by Crippen LogP contribution is 2.16. The second-order valence-electron chi connectivity index (χ2n) is 14.9. The Morgan fingerprint density at radius 3 is 1.00 bits per heavy atom. The fraction of sp³-hybridized carbons (Fsp3) is 0.860. The summed E-state index contributed by atoms with van der Waals surface area (Å²) in [6.07, 6.45) is 42.3. The van der Waals surface area contributed by atoms with Crippen LogP contribution in [0.15, 0.2) is 30.3 Å². The first-order valence-corrected chi connectivity index (χ1v) is 20.5. The molecule has 0 fully saturated rings. The van der Waals surface area contributed by atoms with E-state index in [1.165, 1.54) is 198 Å². The molecule has 0 radical (unpaired) electrons. The Bertz CT molecular complexity index is 641. The van der Waals surface area contributed by atoms with Crippen LogP contribution in [0.5, 0.6) is 0 Å². The lowest BCUT2D eigenvalue weighted by Crippen LogP contribution is -2.39. The zero-order chi connectivity index (χ0) is 32.9. The van der Waals surface area contributed by atoms with Gasteiger partial charge in [-0.25, -0.2) is 0 Å². The van der Waals surface area contributed by atoms with Crippen LogP contribution in [0.25, 0.3) is 0 Å². The van der Waals surface area contributed by atoms with E-state index >= 15 is 0 Å². The average molecular weight is 631 g/mol. The van der Waals surface area contributed by atoms with E-state index in [0.29, 0.717) is 6.61 Å². The molecule has 2 heteroatoms. The third-order valence-electron chi connectivity index (χ3n) is 9.58. The molecule has 0 unspecified atom stereocenters. The summed E-state index contributed by atoms with van der Waals surface area (Å²) >= 11 is 0. The second kappa shape index (κ2) is 36.0. The van der Waals surface area contributed by atoms with Gasteiger partial charge in [0.2, 0.25) is 0 Å². The molecule has 0 aromatic heterocycles. The number of quaternary nitrogens is 1. The van der Waals surface area contributed by atoms with Crippen molar-refractivity contribution in [1.29, 1.82) is 0 Å². The Morgan fingerprint density at radius 1 is 0.400 bits per heavy atom. The van der Waals surface area contributed by atoms with Crippen molar-refractivity contribution in [3.05, 3.63) is 35.9 Å². The molecule has 0 atom stereocenters. The van der Waals surface area contributed by atoms with Gasteiger partial charge in [-0.15, -0.1) is 0 Å². The van der Waals surface area contributed by atoms with Gasteiger partial charge in [-0.05, 0) is 19.3 Å². The van der Waals surface area contributed by atoms with Gasteiger partial charge in [0.15, 0.2) is 0 Å². The first-order valence-electron chi connectivity index (χ1n) is 20.5. The van der Waals surface area contributed by atoms with Gasteiger partial charge in [-0.2, -0.15) is 0 Å². The molecule has 266 valence electrons. The molecule has 1 aromatic carbocycles. The van der Waals surface area contributed by atoms with Gasteiger partial charge < -0.3 is 9.59 Å². The topological polar surface area (TPSA) is 20.2 Å². The Hall–Kier alpha value is -0.860. The quantitative estimate of drug-likeness (QED) is 0.0605. The highest BCUT2D eigenvalue weighted by atomic mass is 16.2. The van der Waals surface area contributed by atoms with Crippen molar-refractivity contribution in [3.8, 4) is 0 Å². The molecule has 0 aliphatic rings. The van der Waals surface area contributed by atoms with Crippen molar-refractivity contribution in [2.45, 2.75) is 213 Å². The van der Waals surface area contributed by atoms with E-state index in [4.69, 9.17) is 5.11 Å². The SMILES string of the molecule is CCCCCCCCCCCCCCCCCCO.CCCCCCCCCCCCCCCC[N+](C)(C)Cc1ccccc1. The third kappa shape index (κ3) is 35.8. The van der Waals surface area contributed by atoms with Crippen LogP contribution < -0.4 is 0 Å². The largest absolute Gasteiger partial charge is 0.396 e. The predicted molar refractivity (Wildman–Crippen MR) is 204 cm³/mol. The lowest BCUT2D eigenvalue weighted by Gasteiger charge is -2.30. The molecule has 0 aliphatic carbocycles. The maximum absolute atomic E-state index is 8.67. The Morgan fingerprint density at radius 2 is 0.689 bits per heavy atom. The minimum absolute atomic E-state index is 0.373. The van der Waals surface area contributed by atoms with Crippen molar-refractivity contribution in [2.24, 2.45) is 0 Å². The molecule has 0 saturated heterocycles. The van der Waals surface area contributed by atoms with Crippen molar-refractivity contribution in [3.63, 3.8) is 0 Å². The first-order chi connectivity index (χ1) is 22.1. The Labute approximate surface area is 285 Å². The van der Waals surface area contributed by atoms with E-state index in [1.54, 1.807) is 0 Å². The summed E-state index contributed by atoms with van der Waals surface area (Å²) in [5.74, 6) is 0. The van der Waals surface area contributed by atoms with Crippen molar-refractivity contribution in [2.75, 3.05) is 27.2 Å². The van der Waals surface area contributed by atoms with E-state index in [9.17, 15) is 0 Å². The fourth-order valence-corrected chi connectivity index (χ4v) is 6.55. The van der Waals surface area contributed by atoms with Crippen molar-refractivity contribution in [1.82, 2.24) is 0 Å². The molecule has 0 spiro atoms. The molecule has 45 heavy (non-hydrogen) atoms. The summed E-state index contributed by atoms with van der Waals surface area (Å²) < 4.78 is 1.11. The van der Waals surface area contributed by atoms with Crippen LogP contribution in [-0.4, -0.2) is 36.8 Å². The highest BCUT2D eigenvalue weighted by Gasteiger charge is 2.14.